The third kappa shape index (κ3) is 3.49. The average molecular weight is 254 g/mol. The molecule has 0 saturated carbocycles. The summed E-state index contributed by atoms with van der Waals surface area (Å²) in [6.45, 7) is 3.10. The van der Waals surface area contributed by atoms with E-state index < -0.39 is 0 Å². The molecule has 1 aliphatic heterocycles. The van der Waals surface area contributed by atoms with Crippen molar-refractivity contribution >= 4 is 11.8 Å². The first-order valence-corrected chi connectivity index (χ1v) is 7.73. The second kappa shape index (κ2) is 6.45. The number of rotatable bonds is 5. The Morgan fingerprint density at radius 1 is 1.53 bits per heavy atom. The number of thioether (sulfide) groups is 1. The van der Waals surface area contributed by atoms with Gasteiger partial charge in [0.2, 0.25) is 0 Å². The second-order valence-corrected chi connectivity index (χ2v) is 6.01. The van der Waals surface area contributed by atoms with Crippen LogP contribution in [0.1, 0.15) is 44.5 Å². The SMILES string of the molecule is CCCn1ccnc1C(O)CC1CCSCC1. The third-order valence-corrected chi connectivity index (χ3v) is 4.46. The Labute approximate surface area is 108 Å². The Hall–Kier alpha value is -0.480. The van der Waals surface area contributed by atoms with Crippen LogP contribution in [0.3, 0.4) is 0 Å². The second-order valence-electron chi connectivity index (χ2n) is 4.79. The van der Waals surface area contributed by atoms with Crippen LogP contribution >= 0.6 is 11.8 Å². The van der Waals surface area contributed by atoms with Crippen LogP contribution in [0.4, 0.5) is 0 Å². The van der Waals surface area contributed by atoms with Gasteiger partial charge in [0, 0.05) is 18.9 Å². The molecule has 17 heavy (non-hydrogen) atoms. The molecular formula is C13H22N2OS. The van der Waals surface area contributed by atoms with Crippen molar-refractivity contribution in [2.75, 3.05) is 11.5 Å². The van der Waals surface area contributed by atoms with Gasteiger partial charge in [0.25, 0.3) is 0 Å². The maximum atomic E-state index is 10.3. The van der Waals surface area contributed by atoms with Gasteiger partial charge in [-0.25, -0.2) is 4.98 Å². The number of imidazole rings is 1. The molecular weight excluding hydrogens is 232 g/mol. The molecule has 0 bridgehead atoms. The highest BCUT2D eigenvalue weighted by molar-refractivity contribution is 7.99. The summed E-state index contributed by atoms with van der Waals surface area (Å²) >= 11 is 2.03. The fraction of sp³-hybridized carbons (Fsp3) is 0.769. The van der Waals surface area contributed by atoms with Crippen molar-refractivity contribution in [2.24, 2.45) is 5.92 Å². The van der Waals surface area contributed by atoms with Crippen molar-refractivity contribution in [3.63, 3.8) is 0 Å². The highest BCUT2D eigenvalue weighted by atomic mass is 32.2. The molecule has 1 aromatic rings. The molecule has 0 radical (unpaired) electrons. The number of aryl methyl sites for hydroxylation is 1. The highest BCUT2D eigenvalue weighted by Gasteiger charge is 2.21. The average Bonchev–Trinajstić information content (AvgIpc) is 2.79. The van der Waals surface area contributed by atoms with Crippen LogP contribution in [0, 0.1) is 5.92 Å². The van der Waals surface area contributed by atoms with Crippen LogP contribution in [0.2, 0.25) is 0 Å². The van der Waals surface area contributed by atoms with Crippen LogP contribution in [0.15, 0.2) is 12.4 Å². The summed E-state index contributed by atoms with van der Waals surface area (Å²) in [5.74, 6) is 4.03. The monoisotopic (exact) mass is 254 g/mol. The van der Waals surface area contributed by atoms with E-state index in [1.807, 2.05) is 18.0 Å². The van der Waals surface area contributed by atoms with Crippen molar-refractivity contribution < 1.29 is 5.11 Å². The van der Waals surface area contributed by atoms with Gasteiger partial charge in [-0.15, -0.1) is 0 Å². The van der Waals surface area contributed by atoms with Crippen molar-refractivity contribution in [3.8, 4) is 0 Å². The zero-order chi connectivity index (χ0) is 12.1. The third-order valence-electron chi connectivity index (χ3n) is 3.41. The van der Waals surface area contributed by atoms with Crippen molar-refractivity contribution in [1.29, 1.82) is 0 Å². The van der Waals surface area contributed by atoms with Crippen LogP contribution < -0.4 is 0 Å². The minimum atomic E-state index is -0.385. The molecule has 1 aliphatic rings. The summed E-state index contributed by atoms with van der Waals surface area (Å²) in [6.07, 6.45) is 7.83. The van der Waals surface area contributed by atoms with E-state index in [-0.39, 0.29) is 6.10 Å². The lowest BCUT2D eigenvalue weighted by molar-refractivity contribution is 0.128. The molecule has 1 aromatic heterocycles. The van der Waals surface area contributed by atoms with Gasteiger partial charge in [-0.2, -0.15) is 11.8 Å². The predicted molar refractivity (Wildman–Crippen MR) is 72.1 cm³/mol. The lowest BCUT2D eigenvalue weighted by Gasteiger charge is -2.23. The first-order valence-electron chi connectivity index (χ1n) is 6.58. The summed E-state index contributed by atoms with van der Waals surface area (Å²) in [6, 6.07) is 0. The molecule has 1 saturated heterocycles. The molecule has 1 N–H and O–H groups in total. The van der Waals surface area contributed by atoms with Crippen LogP contribution in [0.25, 0.3) is 0 Å². The molecule has 1 fully saturated rings. The molecule has 2 rings (SSSR count). The molecule has 0 aliphatic carbocycles. The smallest absolute Gasteiger partial charge is 0.137 e. The van der Waals surface area contributed by atoms with Crippen LogP contribution in [-0.2, 0) is 6.54 Å². The predicted octanol–water partition coefficient (Wildman–Crippen LogP) is 2.86. The molecule has 1 atom stereocenters. The molecule has 3 nitrogen and oxygen atoms in total. The Morgan fingerprint density at radius 3 is 3.00 bits per heavy atom. The van der Waals surface area contributed by atoms with E-state index >= 15 is 0 Å². The number of nitrogens with zero attached hydrogens (tertiary/aromatic N) is 2. The van der Waals surface area contributed by atoms with Crippen molar-refractivity contribution in [2.45, 2.75) is 45.3 Å². The molecule has 1 unspecified atom stereocenters. The van der Waals surface area contributed by atoms with Crippen molar-refractivity contribution in [1.82, 2.24) is 9.55 Å². The number of aliphatic hydroxyl groups excluding tert-OH is 1. The Balaban J connectivity index is 1.93. The minimum absolute atomic E-state index is 0.385. The van der Waals surface area contributed by atoms with Gasteiger partial charge in [0.15, 0.2) is 0 Å². The molecule has 0 amide bonds. The largest absolute Gasteiger partial charge is 0.385 e. The summed E-state index contributed by atoms with van der Waals surface area (Å²) in [4.78, 5) is 4.31. The topological polar surface area (TPSA) is 38.0 Å². The molecule has 4 heteroatoms. The Morgan fingerprint density at radius 2 is 2.29 bits per heavy atom. The highest BCUT2D eigenvalue weighted by Crippen LogP contribution is 2.30. The fourth-order valence-electron chi connectivity index (χ4n) is 2.45. The summed E-state index contributed by atoms with van der Waals surface area (Å²) in [5, 5.41) is 10.3. The maximum absolute atomic E-state index is 10.3. The summed E-state index contributed by atoms with van der Waals surface area (Å²) in [5.41, 5.74) is 0. The van der Waals surface area contributed by atoms with Gasteiger partial charge < -0.3 is 9.67 Å². The van der Waals surface area contributed by atoms with Gasteiger partial charge in [-0.05, 0) is 43.1 Å². The number of hydrogen-bond acceptors (Lipinski definition) is 3. The lowest BCUT2D eigenvalue weighted by Crippen LogP contribution is -2.16. The first kappa shape index (κ1) is 13.0. The normalized spacial score (nSPS) is 19.4. The van der Waals surface area contributed by atoms with Gasteiger partial charge in [0.05, 0.1) is 0 Å². The molecule has 96 valence electrons. The summed E-state index contributed by atoms with van der Waals surface area (Å²) < 4.78 is 2.09. The fourth-order valence-corrected chi connectivity index (χ4v) is 3.66. The molecule has 0 aromatic carbocycles. The maximum Gasteiger partial charge on any atom is 0.137 e. The Kier molecular flexibility index (Phi) is 4.92. The lowest BCUT2D eigenvalue weighted by atomic mass is 9.95. The quantitative estimate of drug-likeness (QED) is 0.878. The van der Waals surface area contributed by atoms with Crippen LogP contribution in [0.5, 0.6) is 0 Å². The van der Waals surface area contributed by atoms with Crippen LogP contribution in [-0.4, -0.2) is 26.2 Å². The van der Waals surface area contributed by atoms with E-state index in [2.05, 4.69) is 16.5 Å². The molecule has 2 heterocycles. The minimum Gasteiger partial charge on any atom is -0.385 e. The summed E-state index contributed by atoms with van der Waals surface area (Å²) in [7, 11) is 0. The van der Waals surface area contributed by atoms with E-state index in [4.69, 9.17) is 0 Å². The van der Waals surface area contributed by atoms with E-state index in [0.717, 1.165) is 25.2 Å². The van der Waals surface area contributed by atoms with Gasteiger partial charge in [-0.3, -0.25) is 0 Å². The Bertz CT molecular complexity index is 334. The van der Waals surface area contributed by atoms with Gasteiger partial charge >= 0.3 is 0 Å². The zero-order valence-electron chi connectivity index (χ0n) is 10.5. The first-order chi connectivity index (χ1) is 8.31. The van der Waals surface area contributed by atoms with Crippen molar-refractivity contribution in [3.05, 3.63) is 18.2 Å². The number of aromatic nitrogens is 2. The number of aliphatic hydroxyl groups is 1. The molecule has 0 spiro atoms. The number of hydrogen-bond donors (Lipinski definition) is 1. The standard InChI is InChI=1S/C13H22N2OS/c1-2-6-15-7-5-14-13(15)12(16)10-11-3-8-17-9-4-11/h5,7,11-12,16H,2-4,6,8-10H2,1H3. The van der Waals surface area contributed by atoms with Gasteiger partial charge in [-0.1, -0.05) is 6.92 Å². The van der Waals surface area contributed by atoms with E-state index in [9.17, 15) is 5.11 Å². The van der Waals surface area contributed by atoms with E-state index in [1.165, 1.54) is 24.3 Å². The van der Waals surface area contributed by atoms with E-state index in [0.29, 0.717) is 5.92 Å². The zero-order valence-corrected chi connectivity index (χ0v) is 11.3. The van der Waals surface area contributed by atoms with E-state index in [1.54, 1.807) is 6.20 Å². The van der Waals surface area contributed by atoms with Gasteiger partial charge in [0.1, 0.15) is 11.9 Å².